The van der Waals surface area contributed by atoms with Crippen molar-refractivity contribution < 1.29 is 28.5 Å². The second-order valence-corrected chi connectivity index (χ2v) is 6.99. The van der Waals surface area contributed by atoms with Gasteiger partial charge in [0.25, 0.3) is 0 Å². The first-order valence-electron chi connectivity index (χ1n) is 10.5. The lowest BCUT2D eigenvalue weighted by molar-refractivity contribution is -0.140. The Labute approximate surface area is 188 Å². The summed E-state index contributed by atoms with van der Waals surface area (Å²) in [6.45, 7) is 7.28. The lowest BCUT2D eigenvalue weighted by Gasteiger charge is -2.13. The Balaban J connectivity index is 1.45. The number of ether oxygens (including phenoxy) is 5. The number of carbonyl (C=O) groups excluding carboxylic acids is 1. The molecule has 0 unspecified atom stereocenters. The summed E-state index contributed by atoms with van der Waals surface area (Å²) in [5, 5.41) is 1.93. The highest BCUT2D eigenvalue weighted by molar-refractivity contribution is 5.93. The van der Waals surface area contributed by atoms with Crippen LogP contribution in [0.2, 0.25) is 0 Å². The lowest BCUT2D eigenvalue weighted by Crippen LogP contribution is -2.14. The number of rotatable bonds is 13. The number of para-hydroxylation sites is 1. The predicted molar refractivity (Wildman–Crippen MR) is 123 cm³/mol. The van der Waals surface area contributed by atoms with Gasteiger partial charge in [-0.1, -0.05) is 49.0 Å². The monoisotopic (exact) mass is 436 g/mol. The van der Waals surface area contributed by atoms with Crippen LogP contribution in [0.5, 0.6) is 17.2 Å². The molecule has 0 saturated heterocycles. The maximum absolute atomic E-state index is 11.3. The zero-order chi connectivity index (χ0) is 22.6. The summed E-state index contributed by atoms with van der Waals surface area (Å²) in [6.07, 6.45) is 0. The van der Waals surface area contributed by atoms with Crippen molar-refractivity contribution in [2.24, 2.45) is 0 Å². The summed E-state index contributed by atoms with van der Waals surface area (Å²) in [6, 6.07) is 21.4. The first kappa shape index (κ1) is 23.2. The van der Waals surface area contributed by atoms with Gasteiger partial charge in [0, 0.05) is 16.3 Å². The fourth-order valence-electron chi connectivity index (χ4n) is 2.96. The standard InChI is InChI=1S/C26H28O6/c1-20(2)26(27)32-17-15-28-14-16-30-24-12-6-11-23-22(24)10-7-13-25(23)31-19-18-29-21-8-4-3-5-9-21/h3-13H,1,14-19H2,2H3. The van der Waals surface area contributed by atoms with E-state index >= 15 is 0 Å². The van der Waals surface area contributed by atoms with Crippen LogP contribution >= 0.6 is 0 Å². The third-order valence-corrected chi connectivity index (χ3v) is 4.49. The quantitative estimate of drug-likeness (QED) is 0.218. The van der Waals surface area contributed by atoms with E-state index in [1.165, 1.54) is 0 Å². The summed E-state index contributed by atoms with van der Waals surface area (Å²) >= 11 is 0. The smallest absolute Gasteiger partial charge is 0.333 e. The van der Waals surface area contributed by atoms with Crippen molar-refractivity contribution in [1.29, 1.82) is 0 Å². The highest BCUT2D eigenvalue weighted by Crippen LogP contribution is 2.32. The molecule has 0 aliphatic rings. The molecule has 0 fully saturated rings. The van der Waals surface area contributed by atoms with Crippen LogP contribution in [-0.2, 0) is 14.3 Å². The molecule has 0 spiro atoms. The number of fused-ring (bicyclic) bond motifs is 1. The largest absolute Gasteiger partial charge is 0.491 e. The van der Waals surface area contributed by atoms with E-state index in [9.17, 15) is 4.79 Å². The molecule has 0 amide bonds. The predicted octanol–water partition coefficient (Wildman–Crippen LogP) is 4.81. The minimum absolute atomic E-state index is 0.189. The van der Waals surface area contributed by atoms with Gasteiger partial charge in [0.05, 0.1) is 13.2 Å². The molecule has 0 atom stereocenters. The van der Waals surface area contributed by atoms with Crippen molar-refractivity contribution in [3.8, 4) is 17.2 Å². The van der Waals surface area contributed by atoms with E-state index in [1.54, 1.807) is 6.92 Å². The SMILES string of the molecule is C=C(C)C(=O)OCCOCCOc1cccc2c(OCCOc3ccccc3)cccc12. The average molecular weight is 437 g/mol. The second-order valence-electron chi connectivity index (χ2n) is 6.99. The van der Waals surface area contributed by atoms with Crippen molar-refractivity contribution in [2.75, 3.05) is 39.6 Å². The van der Waals surface area contributed by atoms with Crippen LogP contribution < -0.4 is 14.2 Å². The number of esters is 1. The van der Waals surface area contributed by atoms with Crippen molar-refractivity contribution in [2.45, 2.75) is 6.92 Å². The maximum Gasteiger partial charge on any atom is 0.333 e. The summed E-state index contributed by atoms with van der Waals surface area (Å²) in [7, 11) is 0. The van der Waals surface area contributed by atoms with Gasteiger partial charge >= 0.3 is 5.97 Å². The Hall–Kier alpha value is -3.51. The topological polar surface area (TPSA) is 63.2 Å². The van der Waals surface area contributed by atoms with E-state index in [0.29, 0.717) is 38.6 Å². The van der Waals surface area contributed by atoms with Gasteiger partial charge in [-0.2, -0.15) is 0 Å². The zero-order valence-corrected chi connectivity index (χ0v) is 18.3. The first-order valence-corrected chi connectivity index (χ1v) is 10.5. The highest BCUT2D eigenvalue weighted by atomic mass is 16.6. The Kier molecular flexibility index (Phi) is 8.95. The van der Waals surface area contributed by atoms with E-state index in [4.69, 9.17) is 23.7 Å². The number of benzene rings is 3. The lowest BCUT2D eigenvalue weighted by atomic mass is 10.1. The van der Waals surface area contributed by atoms with Crippen LogP contribution in [0.25, 0.3) is 10.8 Å². The van der Waals surface area contributed by atoms with Crippen molar-refractivity contribution in [3.63, 3.8) is 0 Å². The summed E-state index contributed by atoms with van der Waals surface area (Å²) in [5.41, 5.74) is 0.372. The maximum atomic E-state index is 11.3. The van der Waals surface area contributed by atoms with E-state index in [2.05, 4.69) is 6.58 Å². The average Bonchev–Trinajstić information content (AvgIpc) is 2.81. The first-order chi connectivity index (χ1) is 15.6. The van der Waals surface area contributed by atoms with Crippen LogP contribution in [0.1, 0.15) is 6.92 Å². The normalized spacial score (nSPS) is 10.5. The molecule has 6 nitrogen and oxygen atoms in total. The van der Waals surface area contributed by atoms with E-state index < -0.39 is 5.97 Å². The van der Waals surface area contributed by atoms with Gasteiger partial charge in [-0.3, -0.25) is 0 Å². The third-order valence-electron chi connectivity index (χ3n) is 4.49. The molecular formula is C26H28O6. The van der Waals surface area contributed by atoms with Crippen molar-refractivity contribution in [3.05, 3.63) is 78.9 Å². The Bertz CT molecular complexity index is 1020. The Morgan fingerprint density at radius 3 is 1.88 bits per heavy atom. The second kappa shape index (κ2) is 12.4. The molecule has 168 valence electrons. The molecule has 0 heterocycles. The van der Waals surface area contributed by atoms with Gasteiger partial charge in [-0.05, 0) is 31.2 Å². The van der Waals surface area contributed by atoms with Crippen molar-refractivity contribution in [1.82, 2.24) is 0 Å². The minimum Gasteiger partial charge on any atom is -0.491 e. The molecule has 6 heteroatoms. The van der Waals surface area contributed by atoms with Crippen LogP contribution in [0.15, 0.2) is 78.9 Å². The molecule has 3 aromatic carbocycles. The fraction of sp³-hybridized carbons (Fsp3) is 0.269. The highest BCUT2D eigenvalue weighted by Gasteiger charge is 2.07. The molecule has 0 saturated carbocycles. The van der Waals surface area contributed by atoms with Gasteiger partial charge in [0.1, 0.15) is 43.7 Å². The van der Waals surface area contributed by atoms with E-state index in [0.717, 1.165) is 28.0 Å². The molecule has 0 aromatic heterocycles. The molecule has 0 aliphatic heterocycles. The fourth-order valence-corrected chi connectivity index (χ4v) is 2.96. The van der Waals surface area contributed by atoms with Crippen LogP contribution in [0.4, 0.5) is 0 Å². The van der Waals surface area contributed by atoms with Gasteiger partial charge in [-0.25, -0.2) is 4.79 Å². The molecule has 3 rings (SSSR count). The molecule has 32 heavy (non-hydrogen) atoms. The third kappa shape index (κ3) is 7.03. The molecule has 0 N–H and O–H groups in total. The van der Waals surface area contributed by atoms with Gasteiger partial charge in [0.2, 0.25) is 0 Å². The Morgan fingerprint density at radius 1 is 0.688 bits per heavy atom. The van der Waals surface area contributed by atoms with E-state index in [-0.39, 0.29) is 6.61 Å². The minimum atomic E-state index is -0.412. The molecule has 0 aliphatic carbocycles. The molecule has 3 aromatic rings. The van der Waals surface area contributed by atoms with Gasteiger partial charge in [-0.15, -0.1) is 0 Å². The summed E-state index contributed by atoms with van der Waals surface area (Å²) in [5.74, 6) is 1.94. The summed E-state index contributed by atoms with van der Waals surface area (Å²) in [4.78, 5) is 11.3. The number of carbonyl (C=O) groups is 1. The van der Waals surface area contributed by atoms with Crippen LogP contribution in [0, 0.1) is 0 Å². The number of hydrogen-bond donors (Lipinski definition) is 0. The van der Waals surface area contributed by atoms with Gasteiger partial charge in [0.15, 0.2) is 0 Å². The van der Waals surface area contributed by atoms with Crippen LogP contribution in [0.3, 0.4) is 0 Å². The Morgan fingerprint density at radius 2 is 1.25 bits per heavy atom. The van der Waals surface area contributed by atoms with Crippen LogP contribution in [-0.4, -0.2) is 45.6 Å². The molecular weight excluding hydrogens is 408 g/mol. The van der Waals surface area contributed by atoms with E-state index in [1.807, 2.05) is 66.7 Å². The zero-order valence-electron chi connectivity index (χ0n) is 18.3. The number of hydrogen-bond acceptors (Lipinski definition) is 6. The van der Waals surface area contributed by atoms with Crippen molar-refractivity contribution >= 4 is 16.7 Å². The van der Waals surface area contributed by atoms with Gasteiger partial charge < -0.3 is 23.7 Å². The molecule has 0 radical (unpaired) electrons. The molecule has 0 bridgehead atoms. The summed E-state index contributed by atoms with van der Waals surface area (Å²) < 4.78 is 28.0.